The average molecular weight is 514 g/mol. The van der Waals surface area contributed by atoms with Crippen LogP contribution in [0.2, 0.25) is 0 Å². The Bertz CT molecular complexity index is 1630. The van der Waals surface area contributed by atoms with Gasteiger partial charge < -0.3 is 25.7 Å². The van der Waals surface area contributed by atoms with E-state index in [1.54, 1.807) is 36.7 Å². The fraction of sp³-hybridized carbons (Fsp3) is 0.111. The van der Waals surface area contributed by atoms with Crippen molar-refractivity contribution in [3.05, 3.63) is 95.2 Å². The van der Waals surface area contributed by atoms with Gasteiger partial charge in [-0.3, -0.25) is 9.89 Å². The molecule has 5 rings (SSSR count). The number of halogens is 1. The number of pyridine rings is 1. The Labute approximate surface area is 216 Å². The number of esters is 1. The SMILES string of the molecule is COC(=O)c1cc2cc(NCc3cc(NC(=O)c4cc(F)cc(Nc5ccn[nH]5)c4)ccc3C)cnc2[nH]1. The molecule has 0 saturated heterocycles. The number of methoxy groups -OCH3 is 1. The van der Waals surface area contributed by atoms with Crippen molar-refractivity contribution in [3.63, 3.8) is 0 Å². The van der Waals surface area contributed by atoms with Crippen molar-refractivity contribution >= 4 is 45.8 Å². The number of hydrogen-bond acceptors (Lipinski definition) is 7. The third kappa shape index (κ3) is 5.46. The number of rotatable bonds is 8. The number of aryl methyl sites for hydroxylation is 1. The molecular formula is C27H24FN7O3. The van der Waals surface area contributed by atoms with Crippen molar-refractivity contribution in [2.24, 2.45) is 0 Å². The second-order valence-corrected chi connectivity index (χ2v) is 8.61. The number of amides is 1. The Hall–Kier alpha value is -5.19. The number of benzene rings is 2. The molecule has 0 bridgehead atoms. The molecule has 0 spiro atoms. The molecule has 3 heterocycles. The fourth-order valence-electron chi connectivity index (χ4n) is 3.95. The van der Waals surface area contributed by atoms with Gasteiger partial charge in [-0.05, 0) is 60.5 Å². The third-order valence-electron chi connectivity index (χ3n) is 5.91. The topological polar surface area (TPSA) is 137 Å². The number of nitrogens with zero attached hydrogens (tertiary/aromatic N) is 2. The van der Waals surface area contributed by atoms with Gasteiger partial charge in [0, 0.05) is 34.9 Å². The summed E-state index contributed by atoms with van der Waals surface area (Å²) in [5.41, 5.74) is 4.81. The normalized spacial score (nSPS) is 10.8. The summed E-state index contributed by atoms with van der Waals surface area (Å²) in [7, 11) is 1.32. The van der Waals surface area contributed by atoms with Crippen LogP contribution in [0.3, 0.4) is 0 Å². The average Bonchev–Trinajstić information content (AvgIpc) is 3.57. The summed E-state index contributed by atoms with van der Waals surface area (Å²) in [4.78, 5) is 32.0. The number of aromatic amines is 2. The largest absolute Gasteiger partial charge is 0.464 e. The van der Waals surface area contributed by atoms with Crippen molar-refractivity contribution in [1.82, 2.24) is 20.2 Å². The summed E-state index contributed by atoms with van der Waals surface area (Å²) in [6.45, 7) is 2.44. The highest BCUT2D eigenvalue weighted by atomic mass is 19.1. The first-order chi connectivity index (χ1) is 18.4. The Kier molecular flexibility index (Phi) is 6.72. The zero-order chi connectivity index (χ0) is 26.6. The molecule has 11 heteroatoms. The smallest absolute Gasteiger partial charge is 0.354 e. The molecule has 0 aliphatic rings. The number of fused-ring (bicyclic) bond motifs is 1. The fourth-order valence-corrected chi connectivity index (χ4v) is 3.95. The maximum Gasteiger partial charge on any atom is 0.354 e. The molecule has 0 fully saturated rings. The molecule has 5 N–H and O–H groups in total. The van der Waals surface area contributed by atoms with Crippen molar-refractivity contribution in [1.29, 1.82) is 0 Å². The summed E-state index contributed by atoms with van der Waals surface area (Å²) >= 11 is 0. The Morgan fingerprint density at radius 3 is 2.68 bits per heavy atom. The zero-order valence-electron chi connectivity index (χ0n) is 20.6. The van der Waals surface area contributed by atoms with Crippen molar-refractivity contribution in [2.45, 2.75) is 13.5 Å². The van der Waals surface area contributed by atoms with Crippen LogP contribution < -0.4 is 16.0 Å². The highest BCUT2D eigenvalue weighted by molar-refractivity contribution is 6.05. The van der Waals surface area contributed by atoms with Gasteiger partial charge in [0.25, 0.3) is 5.91 Å². The molecule has 0 radical (unpaired) electrons. The predicted molar refractivity (Wildman–Crippen MR) is 142 cm³/mol. The maximum atomic E-state index is 14.2. The zero-order valence-corrected chi connectivity index (χ0v) is 20.6. The second kappa shape index (κ2) is 10.4. The predicted octanol–water partition coefficient (Wildman–Crippen LogP) is 5.13. The molecule has 0 unspecified atom stereocenters. The van der Waals surface area contributed by atoms with Crippen LogP contribution in [0.5, 0.6) is 0 Å². The van der Waals surface area contributed by atoms with E-state index in [0.29, 0.717) is 35.1 Å². The van der Waals surface area contributed by atoms with Crippen LogP contribution in [0.25, 0.3) is 11.0 Å². The molecular weight excluding hydrogens is 489 g/mol. The van der Waals surface area contributed by atoms with Gasteiger partial charge in [-0.25, -0.2) is 14.2 Å². The van der Waals surface area contributed by atoms with Gasteiger partial charge in [0.2, 0.25) is 0 Å². The summed E-state index contributed by atoms with van der Waals surface area (Å²) in [6.07, 6.45) is 3.23. The number of aromatic nitrogens is 4. The lowest BCUT2D eigenvalue weighted by atomic mass is 10.1. The molecule has 5 aromatic rings. The minimum atomic E-state index is -0.542. The van der Waals surface area contributed by atoms with Gasteiger partial charge in [0.1, 0.15) is 23.0 Å². The van der Waals surface area contributed by atoms with Crippen molar-refractivity contribution < 1.29 is 18.7 Å². The van der Waals surface area contributed by atoms with Gasteiger partial charge in [0.15, 0.2) is 0 Å². The highest BCUT2D eigenvalue weighted by Crippen LogP contribution is 2.22. The molecule has 0 saturated carbocycles. The van der Waals surface area contributed by atoms with Crippen LogP contribution in [0.4, 0.5) is 27.3 Å². The van der Waals surface area contributed by atoms with Gasteiger partial charge in [-0.2, -0.15) is 5.10 Å². The number of anilines is 4. The first kappa shape index (κ1) is 24.5. The first-order valence-electron chi connectivity index (χ1n) is 11.7. The van der Waals surface area contributed by atoms with E-state index in [1.165, 1.54) is 19.2 Å². The van der Waals surface area contributed by atoms with E-state index in [-0.39, 0.29) is 5.56 Å². The van der Waals surface area contributed by atoms with E-state index in [0.717, 1.165) is 22.2 Å². The van der Waals surface area contributed by atoms with Crippen molar-refractivity contribution in [3.8, 4) is 0 Å². The number of carbonyl (C=O) groups excluding carboxylic acids is 2. The van der Waals surface area contributed by atoms with Gasteiger partial charge in [0.05, 0.1) is 25.2 Å². The standard InChI is InChI=1S/C27H24FN7O3/c1-15-3-4-20(33-26(36)17-7-19(28)12-21(9-17)32-24-5-6-31-35-24)10-18(15)13-29-22-8-16-11-23(27(37)38-2)34-25(16)30-14-22/h3-12,14,29H,13H2,1-2H3,(H,30,34)(H,33,36)(H2,31,32,35). The van der Waals surface area contributed by atoms with E-state index >= 15 is 0 Å². The van der Waals surface area contributed by atoms with Crippen LogP contribution in [0.15, 0.2) is 67.0 Å². The van der Waals surface area contributed by atoms with Gasteiger partial charge in [-0.1, -0.05) is 6.07 Å². The number of carbonyl (C=O) groups is 2. The lowest BCUT2D eigenvalue weighted by Gasteiger charge is -2.13. The minimum Gasteiger partial charge on any atom is -0.464 e. The molecule has 0 atom stereocenters. The Balaban J connectivity index is 1.28. The van der Waals surface area contributed by atoms with E-state index in [2.05, 4.69) is 36.1 Å². The second-order valence-electron chi connectivity index (χ2n) is 8.61. The first-order valence-corrected chi connectivity index (χ1v) is 11.7. The Morgan fingerprint density at radius 2 is 1.89 bits per heavy atom. The third-order valence-corrected chi connectivity index (χ3v) is 5.91. The molecule has 0 aliphatic carbocycles. The molecule has 192 valence electrons. The lowest BCUT2D eigenvalue weighted by molar-refractivity contribution is 0.0595. The van der Waals surface area contributed by atoms with Gasteiger partial charge >= 0.3 is 5.97 Å². The van der Waals surface area contributed by atoms with Crippen molar-refractivity contribution in [2.75, 3.05) is 23.1 Å². The van der Waals surface area contributed by atoms with E-state index in [4.69, 9.17) is 4.74 Å². The molecule has 38 heavy (non-hydrogen) atoms. The Morgan fingerprint density at radius 1 is 1.03 bits per heavy atom. The van der Waals surface area contributed by atoms with Gasteiger partial charge in [-0.15, -0.1) is 0 Å². The minimum absolute atomic E-state index is 0.171. The number of nitrogens with one attached hydrogen (secondary N) is 5. The molecule has 2 aromatic carbocycles. The van der Waals surface area contributed by atoms with Crippen LogP contribution in [0, 0.1) is 12.7 Å². The quantitative estimate of drug-likeness (QED) is 0.182. The summed E-state index contributed by atoms with van der Waals surface area (Å²) in [5, 5.41) is 16.5. The molecule has 10 nitrogen and oxygen atoms in total. The van der Waals surface area contributed by atoms with Crippen LogP contribution in [0.1, 0.15) is 32.0 Å². The summed E-state index contributed by atoms with van der Waals surface area (Å²) in [6, 6.07) is 14.9. The number of H-pyrrole nitrogens is 2. The molecule has 0 aliphatic heterocycles. The summed E-state index contributed by atoms with van der Waals surface area (Å²) < 4.78 is 19.0. The molecule has 3 aromatic heterocycles. The number of ether oxygens (including phenoxy) is 1. The summed E-state index contributed by atoms with van der Waals surface area (Å²) in [5.74, 6) is -0.869. The van der Waals surface area contributed by atoms with E-state index in [1.807, 2.05) is 25.1 Å². The van der Waals surface area contributed by atoms with E-state index < -0.39 is 17.7 Å². The number of hydrogen-bond donors (Lipinski definition) is 5. The molecule has 1 amide bonds. The monoisotopic (exact) mass is 513 g/mol. The van der Waals surface area contributed by atoms with Crippen LogP contribution in [-0.2, 0) is 11.3 Å². The van der Waals surface area contributed by atoms with Crippen LogP contribution in [-0.4, -0.2) is 39.2 Å². The van der Waals surface area contributed by atoms with E-state index in [9.17, 15) is 14.0 Å². The lowest BCUT2D eigenvalue weighted by Crippen LogP contribution is -2.13. The van der Waals surface area contributed by atoms with Crippen LogP contribution >= 0.6 is 0 Å². The highest BCUT2D eigenvalue weighted by Gasteiger charge is 2.13. The maximum absolute atomic E-state index is 14.2.